The Morgan fingerprint density at radius 3 is 2.74 bits per heavy atom. The first kappa shape index (κ1) is 24.2. The fourth-order valence-corrected chi connectivity index (χ4v) is 5.59. The second-order valence-electron chi connectivity index (χ2n) is 8.70. The molecule has 7 nitrogen and oxygen atoms in total. The molecule has 0 bridgehead atoms. The van der Waals surface area contributed by atoms with E-state index in [0.29, 0.717) is 35.1 Å². The highest BCUT2D eigenvalue weighted by Crippen LogP contribution is 2.32. The molecule has 2 heterocycles. The molecule has 4 rings (SSSR count). The summed E-state index contributed by atoms with van der Waals surface area (Å²) in [6.07, 6.45) is 2.65. The average molecular weight is 497 g/mol. The second kappa shape index (κ2) is 11.0. The lowest BCUT2D eigenvalue weighted by molar-refractivity contribution is -0.125. The summed E-state index contributed by atoms with van der Waals surface area (Å²) in [4.78, 5) is 47.2. The maximum atomic E-state index is 12.8. The standard InChI is InChI=1S/C25H28N4O3S2/c1-3-15(2)9-21(31)29-25-28-19-11-17(12-20(30)23(19)34-25)24(32)26-13-18-14-33-22(27-18)10-16-7-5-4-6-8-16/h4-8,14-15,17H,3,9-13H2,1-2H3,(H,26,32)(H,28,29,31)/t15-,17-/m1/s1. The highest BCUT2D eigenvalue weighted by molar-refractivity contribution is 7.17. The van der Waals surface area contributed by atoms with Crippen LogP contribution in [0, 0.1) is 11.8 Å². The zero-order valence-corrected chi connectivity index (χ0v) is 20.9. The monoisotopic (exact) mass is 496 g/mol. The third kappa shape index (κ3) is 6.15. The van der Waals surface area contributed by atoms with E-state index in [2.05, 4.69) is 32.7 Å². The molecule has 0 saturated carbocycles. The van der Waals surface area contributed by atoms with Crippen LogP contribution in [-0.2, 0) is 29.0 Å². The molecule has 0 radical (unpaired) electrons. The van der Waals surface area contributed by atoms with E-state index in [-0.39, 0.29) is 29.9 Å². The Morgan fingerprint density at radius 2 is 1.97 bits per heavy atom. The molecular weight excluding hydrogens is 468 g/mol. The maximum absolute atomic E-state index is 12.8. The first-order valence-electron chi connectivity index (χ1n) is 11.5. The third-order valence-corrected chi connectivity index (χ3v) is 7.86. The third-order valence-electron chi connectivity index (χ3n) is 5.91. The molecule has 2 amide bonds. The van der Waals surface area contributed by atoms with Crippen molar-refractivity contribution < 1.29 is 14.4 Å². The SMILES string of the molecule is CC[C@@H](C)CC(=O)Nc1nc2c(s1)C(=O)C[C@H](C(=O)NCc1csc(Cc3ccccc3)n1)C2. The van der Waals surface area contributed by atoms with Gasteiger partial charge in [0.1, 0.15) is 0 Å². The van der Waals surface area contributed by atoms with Gasteiger partial charge in [0.15, 0.2) is 10.9 Å². The van der Waals surface area contributed by atoms with Gasteiger partial charge in [-0.1, -0.05) is 61.9 Å². The van der Waals surface area contributed by atoms with E-state index in [1.54, 1.807) is 11.3 Å². The second-order valence-corrected chi connectivity index (χ2v) is 10.6. The van der Waals surface area contributed by atoms with Crippen molar-refractivity contribution in [3.8, 4) is 0 Å². The molecule has 2 atom stereocenters. The van der Waals surface area contributed by atoms with Crippen LogP contribution >= 0.6 is 22.7 Å². The molecule has 1 aliphatic carbocycles. The van der Waals surface area contributed by atoms with Crippen molar-refractivity contribution in [2.75, 3.05) is 5.32 Å². The van der Waals surface area contributed by atoms with Crippen molar-refractivity contribution in [1.29, 1.82) is 0 Å². The van der Waals surface area contributed by atoms with Crippen molar-refractivity contribution >= 4 is 45.4 Å². The van der Waals surface area contributed by atoms with Crippen LogP contribution in [0.4, 0.5) is 5.13 Å². The topological polar surface area (TPSA) is 101 Å². The summed E-state index contributed by atoms with van der Waals surface area (Å²) in [5.74, 6) is -0.547. The summed E-state index contributed by atoms with van der Waals surface area (Å²) in [6.45, 7) is 4.40. The van der Waals surface area contributed by atoms with Crippen LogP contribution in [0.1, 0.15) is 64.7 Å². The molecule has 34 heavy (non-hydrogen) atoms. The minimum absolute atomic E-state index is 0.0971. The number of benzene rings is 1. The number of aromatic nitrogens is 2. The number of thiazole rings is 2. The van der Waals surface area contributed by atoms with E-state index in [4.69, 9.17) is 0 Å². The molecule has 2 N–H and O–H groups in total. The first-order valence-corrected chi connectivity index (χ1v) is 13.2. The number of Topliss-reactive ketones (excluding diaryl/α,β-unsaturated/α-hetero) is 1. The highest BCUT2D eigenvalue weighted by Gasteiger charge is 2.33. The minimum Gasteiger partial charge on any atom is -0.350 e. The van der Waals surface area contributed by atoms with E-state index in [9.17, 15) is 14.4 Å². The van der Waals surface area contributed by atoms with Gasteiger partial charge in [-0.3, -0.25) is 14.4 Å². The van der Waals surface area contributed by atoms with E-state index < -0.39 is 5.92 Å². The van der Waals surface area contributed by atoms with E-state index in [0.717, 1.165) is 23.5 Å². The number of ketones is 1. The number of anilines is 1. The van der Waals surface area contributed by atoms with Gasteiger partial charge in [0.25, 0.3) is 0 Å². The Balaban J connectivity index is 1.31. The van der Waals surface area contributed by atoms with Crippen molar-refractivity contribution in [3.05, 3.63) is 62.5 Å². The number of rotatable bonds is 9. The molecule has 0 saturated heterocycles. The van der Waals surface area contributed by atoms with E-state index >= 15 is 0 Å². The lowest BCUT2D eigenvalue weighted by Crippen LogP contribution is -2.35. The van der Waals surface area contributed by atoms with Gasteiger partial charge < -0.3 is 10.6 Å². The quantitative estimate of drug-likeness (QED) is 0.450. The van der Waals surface area contributed by atoms with Crippen LogP contribution in [0.5, 0.6) is 0 Å². The fraction of sp³-hybridized carbons (Fsp3) is 0.400. The summed E-state index contributed by atoms with van der Waals surface area (Å²) in [7, 11) is 0. The highest BCUT2D eigenvalue weighted by atomic mass is 32.1. The maximum Gasteiger partial charge on any atom is 0.226 e. The summed E-state index contributed by atoms with van der Waals surface area (Å²) >= 11 is 2.78. The molecule has 1 aromatic carbocycles. The molecule has 0 spiro atoms. The summed E-state index contributed by atoms with van der Waals surface area (Å²) in [5, 5.41) is 9.11. The number of nitrogens with one attached hydrogen (secondary N) is 2. The molecule has 178 valence electrons. The van der Waals surface area contributed by atoms with Crippen LogP contribution in [-0.4, -0.2) is 27.6 Å². The Kier molecular flexibility index (Phi) is 7.84. The summed E-state index contributed by atoms with van der Waals surface area (Å²) in [5.41, 5.74) is 2.61. The number of amides is 2. The predicted octanol–water partition coefficient (Wildman–Crippen LogP) is 4.63. The van der Waals surface area contributed by atoms with Gasteiger partial charge in [0.2, 0.25) is 11.8 Å². The Bertz CT molecular complexity index is 1170. The van der Waals surface area contributed by atoms with Gasteiger partial charge in [-0.05, 0) is 11.5 Å². The number of fused-ring (bicyclic) bond motifs is 1. The molecule has 0 aliphatic heterocycles. The lowest BCUT2D eigenvalue weighted by Gasteiger charge is -2.19. The molecule has 3 aromatic rings. The molecule has 0 unspecified atom stereocenters. The van der Waals surface area contributed by atoms with Crippen LogP contribution < -0.4 is 10.6 Å². The van der Waals surface area contributed by atoms with Gasteiger partial charge >= 0.3 is 0 Å². The normalized spacial score (nSPS) is 16.1. The van der Waals surface area contributed by atoms with E-state index in [1.165, 1.54) is 16.9 Å². The van der Waals surface area contributed by atoms with Crippen molar-refractivity contribution in [2.24, 2.45) is 11.8 Å². The first-order chi connectivity index (χ1) is 16.4. The van der Waals surface area contributed by atoms with Gasteiger partial charge in [-0.25, -0.2) is 9.97 Å². The Hall–Kier alpha value is -2.91. The lowest BCUT2D eigenvalue weighted by atomic mass is 9.89. The number of carbonyl (C=O) groups is 3. The van der Waals surface area contributed by atoms with Crippen LogP contribution in [0.15, 0.2) is 35.7 Å². The summed E-state index contributed by atoms with van der Waals surface area (Å²) in [6, 6.07) is 10.1. The van der Waals surface area contributed by atoms with Crippen molar-refractivity contribution in [2.45, 2.75) is 52.5 Å². The number of hydrogen-bond acceptors (Lipinski definition) is 7. The number of nitrogens with zero attached hydrogens (tertiary/aromatic N) is 2. The molecule has 9 heteroatoms. The fourth-order valence-electron chi connectivity index (χ4n) is 3.80. The smallest absolute Gasteiger partial charge is 0.226 e. The molecule has 2 aromatic heterocycles. The molecule has 0 fully saturated rings. The Labute approximate surface area is 207 Å². The zero-order valence-electron chi connectivity index (χ0n) is 19.3. The van der Waals surface area contributed by atoms with Crippen LogP contribution in [0.3, 0.4) is 0 Å². The predicted molar refractivity (Wildman–Crippen MR) is 134 cm³/mol. The van der Waals surface area contributed by atoms with Crippen LogP contribution in [0.25, 0.3) is 0 Å². The summed E-state index contributed by atoms with van der Waals surface area (Å²) < 4.78 is 0. The molecular formula is C25H28N4O3S2. The zero-order chi connectivity index (χ0) is 24.1. The van der Waals surface area contributed by atoms with Gasteiger partial charge in [0.05, 0.1) is 33.7 Å². The van der Waals surface area contributed by atoms with Gasteiger partial charge in [-0.15, -0.1) is 11.3 Å². The molecule has 1 aliphatic rings. The van der Waals surface area contributed by atoms with E-state index in [1.807, 2.05) is 37.4 Å². The Morgan fingerprint density at radius 1 is 1.18 bits per heavy atom. The van der Waals surface area contributed by atoms with Crippen LogP contribution in [0.2, 0.25) is 0 Å². The number of hydrogen-bond donors (Lipinski definition) is 2. The minimum atomic E-state index is -0.465. The van der Waals surface area contributed by atoms with Gasteiger partial charge in [-0.2, -0.15) is 0 Å². The largest absolute Gasteiger partial charge is 0.350 e. The number of carbonyl (C=O) groups excluding carboxylic acids is 3. The van der Waals surface area contributed by atoms with Gasteiger partial charge in [0, 0.05) is 31.1 Å². The van der Waals surface area contributed by atoms with Crippen molar-refractivity contribution in [1.82, 2.24) is 15.3 Å². The van der Waals surface area contributed by atoms with Crippen molar-refractivity contribution in [3.63, 3.8) is 0 Å². The average Bonchev–Trinajstić information content (AvgIpc) is 3.44.